The molecule has 0 spiro atoms. The van der Waals surface area contributed by atoms with Crippen LogP contribution in [0.2, 0.25) is 0 Å². The van der Waals surface area contributed by atoms with Crippen LogP contribution in [0.15, 0.2) is 42.5 Å². The molecule has 4 heteroatoms. The van der Waals surface area contributed by atoms with Gasteiger partial charge in [-0.2, -0.15) is 0 Å². The van der Waals surface area contributed by atoms with Crippen LogP contribution in [0.25, 0.3) is 0 Å². The Morgan fingerprint density at radius 2 is 1.68 bits per heavy atom. The first-order valence-corrected chi connectivity index (χ1v) is 7.54. The zero-order valence-corrected chi connectivity index (χ0v) is 12.6. The van der Waals surface area contributed by atoms with Crippen LogP contribution in [0.4, 0.5) is 8.78 Å². The van der Waals surface area contributed by atoms with Crippen LogP contribution >= 0.6 is 0 Å². The smallest absolute Gasteiger partial charge is 0.166 e. The molecule has 0 radical (unpaired) electrons. The topological polar surface area (TPSA) is 12.5 Å². The highest BCUT2D eigenvalue weighted by molar-refractivity contribution is 5.41. The van der Waals surface area contributed by atoms with Crippen molar-refractivity contribution in [3.8, 4) is 11.5 Å². The summed E-state index contributed by atoms with van der Waals surface area (Å²) in [4.78, 5) is 2.27. The van der Waals surface area contributed by atoms with Crippen molar-refractivity contribution >= 4 is 0 Å². The van der Waals surface area contributed by atoms with E-state index >= 15 is 0 Å². The molecule has 0 atom stereocenters. The van der Waals surface area contributed by atoms with Gasteiger partial charge in [-0.3, -0.25) is 0 Å². The van der Waals surface area contributed by atoms with Crippen molar-refractivity contribution < 1.29 is 13.5 Å². The van der Waals surface area contributed by atoms with E-state index in [-0.39, 0.29) is 17.4 Å². The molecule has 22 heavy (non-hydrogen) atoms. The first kappa shape index (κ1) is 15.0. The van der Waals surface area contributed by atoms with Crippen LogP contribution in [0.5, 0.6) is 11.5 Å². The number of piperidine rings is 1. The molecule has 1 aliphatic heterocycles. The van der Waals surface area contributed by atoms with Gasteiger partial charge in [-0.1, -0.05) is 12.1 Å². The molecule has 0 N–H and O–H groups in total. The normalized spacial score (nSPS) is 16.7. The van der Waals surface area contributed by atoms with Gasteiger partial charge in [0, 0.05) is 5.56 Å². The molecule has 2 aromatic carbocycles. The third-order valence-electron chi connectivity index (χ3n) is 4.19. The lowest BCUT2D eigenvalue weighted by Crippen LogP contribution is -2.29. The highest BCUT2D eigenvalue weighted by Crippen LogP contribution is 2.37. The fourth-order valence-corrected chi connectivity index (χ4v) is 2.89. The molecule has 0 unspecified atom stereocenters. The van der Waals surface area contributed by atoms with Crippen molar-refractivity contribution in [3.63, 3.8) is 0 Å². The SMILES string of the molecule is CN1CCC(c2cccc(F)c2Oc2ccc(F)cc2)CC1. The van der Waals surface area contributed by atoms with E-state index in [1.54, 1.807) is 6.07 Å². The van der Waals surface area contributed by atoms with Crippen LogP contribution in [0.3, 0.4) is 0 Å². The maximum atomic E-state index is 14.2. The monoisotopic (exact) mass is 303 g/mol. The molecule has 2 aromatic rings. The molecule has 2 nitrogen and oxygen atoms in total. The average Bonchev–Trinajstić information content (AvgIpc) is 2.52. The lowest BCUT2D eigenvalue weighted by atomic mass is 9.89. The molecular formula is C18H19F2NO. The van der Waals surface area contributed by atoms with Gasteiger partial charge in [0.25, 0.3) is 0 Å². The van der Waals surface area contributed by atoms with Gasteiger partial charge in [0.2, 0.25) is 0 Å². The van der Waals surface area contributed by atoms with E-state index in [1.165, 1.54) is 30.3 Å². The predicted molar refractivity (Wildman–Crippen MR) is 82.3 cm³/mol. The number of ether oxygens (including phenoxy) is 1. The van der Waals surface area contributed by atoms with E-state index < -0.39 is 0 Å². The van der Waals surface area contributed by atoms with Gasteiger partial charge in [-0.05, 0) is 69.2 Å². The zero-order chi connectivity index (χ0) is 15.5. The lowest BCUT2D eigenvalue weighted by Gasteiger charge is -2.30. The first-order valence-electron chi connectivity index (χ1n) is 7.54. The summed E-state index contributed by atoms with van der Waals surface area (Å²) < 4.78 is 32.9. The minimum absolute atomic E-state index is 0.267. The molecular weight excluding hydrogens is 284 g/mol. The molecule has 0 aromatic heterocycles. The van der Waals surface area contributed by atoms with Crippen molar-refractivity contribution in [3.05, 3.63) is 59.7 Å². The minimum atomic E-state index is -0.374. The van der Waals surface area contributed by atoms with E-state index in [1.807, 2.05) is 6.07 Å². The largest absolute Gasteiger partial charge is 0.454 e. The van der Waals surface area contributed by atoms with Gasteiger partial charge in [-0.15, -0.1) is 0 Å². The third-order valence-corrected chi connectivity index (χ3v) is 4.19. The zero-order valence-electron chi connectivity index (χ0n) is 12.6. The Kier molecular flexibility index (Phi) is 4.39. The van der Waals surface area contributed by atoms with Crippen LogP contribution in [0.1, 0.15) is 24.3 Å². The van der Waals surface area contributed by atoms with E-state index in [0.29, 0.717) is 11.7 Å². The highest BCUT2D eigenvalue weighted by Gasteiger charge is 2.23. The quantitative estimate of drug-likeness (QED) is 0.824. The van der Waals surface area contributed by atoms with Crippen LogP contribution in [0, 0.1) is 11.6 Å². The second-order valence-corrected chi connectivity index (χ2v) is 5.79. The molecule has 0 aliphatic carbocycles. The molecule has 1 heterocycles. The summed E-state index contributed by atoms with van der Waals surface area (Å²) in [7, 11) is 2.09. The third kappa shape index (κ3) is 3.28. The maximum absolute atomic E-state index is 14.2. The molecule has 0 amide bonds. The van der Waals surface area contributed by atoms with E-state index in [4.69, 9.17) is 4.74 Å². The van der Waals surface area contributed by atoms with Crippen molar-refractivity contribution in [2.45, 2.75) is 18.8 Å². The second-order valence-electron chi connectivity index (χ2n) is 5.79. The summed E-state index contributed by atoms with van der Waals surface area (Å²) in [5.74, 6) is 0.295. The summed E-state index contributed by atoms with van der Waals surface area (Å²) in [5.41, 5.74) is 0.900. The average molecular weight is 303 g/mol. The summed E-state index contributed by atoms with van der Waals surface area (Å²) >= 11 is 0. The Bertz CT molecular complexity index is 634. The lowest BCUT2D eigenvalue weighted by molar-refractivity contribution is 0.253. The number of hydrogen-bond donors (Lipinski definition) is 0. The van der Waals surface area contributed by atoms with Crippen molar-refractivity contribution in [1.82, 2.24) is 4.90 Å². The molecule has 3 rings (SSSR count). The number of nitrogens with zero attached hydrogens (tertiary/aromatic N) is 1. The predicted octanol–water partition coefficient (Wildman–Crippen LogP) is 4.57. The van der Waals surface area contributed by atoms with Gasteiger partial charge in [0.15, 0.2) is 11.6 Å². The summed E-state index contributed by atoms with van der Waals surface area (Å²) in [5, 5.41) is 0. The highest BCUT2D eigenvalue weighted by atomic mass is 19.1. The van der Waals surface area contributed by atoms with E-state index in [2.05, 4.69) is 11.9 Å². The van der Waals surface area contributed by atoms with Gasteiger partial charge >= 0.3 is 0 Å². The molecule has 0 saturated carbocycles. The van der Waals surface area contributed by atoms with E-state index in [9.17, 15) is 8.78 Å². The Labute approximate surface area is 129 Å². The first-order chi connectivity index (χ1) is 10.6. The Balaban J connectivity index is 1.88. The fraction of sp³-hybridized carbons (Fsp3) is 0.333. The molecule has 0 bridgehead atoms. The van der Waals surface area contributed by atoms with Gasteiger partial charge in [0.05, 0.1) is 0 Å². The number of benzene rings is 2. The Morgan fingerprint density at radius 1 is 1.00 bits per heavy atom. The standard InChI is InChI=1S/C18H19F2NO/c1-21-11-9-13(10-12-21)16-3-2-4-17(20)18(16)22-15-7-5-14(19)6-8-15/h2-8,13H,9-12H2,1H3. The Hall–Kier alpha value is -1.94. The number of para-hydroxylation sites is 1. The number of hydrogen-bond acceptors (Lipinski definition) is 2. The molecule has 1 fully saturated rings. The van der Waals surface area contributed by atoms with E-state index in [0.717, 1.165) is 31.5 Å². The maximum Gasteiger partial charge on any atom is 0.166 e. The van der Waals surface area contributed by atoms with Crippen molar-refractivity contribution in [1.29, 1.82) is 0 Å². The Morgan fingerprint density at radius 3 is 2.36 bits per heavy atom. The van der Waals surface area contributed by atoms with Gasteiger partial charge < -0.3 is 9.64 Å². The molecule has 116 valence electrons. The summed E-state index contributed by atoms with van der Waals surface area (Å²) in [6.07, 6.45) is 1.97. The van der Waals surface area contributed by atoms with Crippen molar-refractivity contribution in [2.24, 2.45) is 0 Å². The summed E-state index contributed by atoms with van der Waals surface area (Å²) in [6.45, 7) is 1.99. The van der Waals surface area contributed by atoms with Crippen LogP contribution in [-0.2, 0) is 0 Å². The second kappa shape index (κ2) is 6.44. The number of likely N-dealkylation sites (tertiary alicyclic amines) is 1. The van der Waals surface area contributed by atoms with Gasteiger partial charge in [0.1, 0.15) is 11.6 Å². The minimum Gasteiger partial charge on any atom is -0.454 e. The molecule has 1 saturated heterocycles. The van der Waals surface area contributed by atoms with Crippen LogP contribution in [-0.4, -0.2) is 25.0 Å². The van der Waals surface area contributed by atoms with Crippen molar-refractivity contribution in [2.75, 3.05) is 20.1 Å². The summed E-state index contributed by atoms with van der Waals surface area (Å²) in [6, 6.07) is 10.7. The van der Waals surface area contributed by atoms with Crippen LogP contribution < -0.4 is 4.74 Å². The molecule has 1 aliphatic rings. The number of halogens is 2. The fourth-order valence-electron chi connectivity index (χ4n) is 2.89. The van der Waals surface area contributed by atoms with Gasteiger partial charge in [-0.25, -0.2) is 8.78 Å². The number of rotatable bonds is 3.